The third kappa shape index (κ3) is 3.22. The number of pyridine rings is 1. The fourth-order valence-corrected chi connectivity index (χ4v) is 2.26. The molecule has 1 heterocycles. The maximum atomic E-state index is 13.8. The largest absolute Gasteiger partial charge is 0.346 e. The van der Waals surface area contributed by atoms with Crippen LogP contribution in [0.5, 0.6) is 0 Å². The van der Waals surface area contributed by atoms with Gasteiger partial charge < -0.3 is 5.32 Å². The lowest BCUT2D eigenvalue weighted by atomic mass is 10.1. The molecule has 0 aliphatic rings. The van der Waals surface area contributed by atoms with Crippen molar-refractivity contribution in [3.05, 3.63) is 63.6 Å². The predicted molar refractivity (Wildman–Crippen MR) is 78.9 cm³/mol. The van der Waals surface area contributed by atoms with E-state index in [2.05, 4.69) is 26.2 Å². The van der Waals surface area contributed by atoms with Crippen molar-refractivity contribution in [2.75, 3.05) is 0 Å². The molecule has 0 spiro atoms. The Hall–Kier alpha value is -1.75. The highest BCUT2D eigenvalue weighted by molar-refractivity contribution is 9.10. The summed E-state index contributed by atoms with van der Waals surface area (Å²) in [5, 5.41) is 2.70. The van der Waals surface area contributed by atoms with Gasteiger partial charge in [0.05, 0.1) is 22.3 Å². The SMILES string of the molecule is CCc1cccnc1CNC(=O)c1cccc(Br)c1F. The summed E-state index contributed by atoms with van der Waals surface area (Å²) >= 11 is 3.07. The van der Waals surface area contributed by atoms with Crippen LogP contribution in [0.15, 0.2) is 41.0 Å². The van der Waals surface area contributed by atoms with Crippen LogP contribution in [0, 0.1) is 5.82 Å². The quantitative estimate of drug-likeness (QED) is 0.928. The first kappa shape index (κ1) is 14.7. The minimum atomic E-state index is -0.554. The third-order valence-corrected chi connectivity index (χ3v) is 3.59. The highest BCUT2D eigenvalue weighted by atomic mass is 79.9. The Morgan fingerprint density at radius 1 is 1.35 bits per heavy atom. The van der Waals surface area contributed by atoms with Gasteiger partial charge in [-0.05, 0) is 46.1 Å². The van der Waals surface area contributed by atoms with E-state index in [1.54, 1.807) is 18.3 Å². The lowest BCUT2D eigenvalue weighted by molar-refractivity contribution is 0.0946. The molecule has 0 aliphatic carbocycles. The van der Waals surface area contributed by atoms with Crippen molar-refractivity contribution in [3.63, 3.8) is 0 Å². The second-order valence-corrected chi connectivity index (χ2v) is 5.10. The molecule has 104 valence electrons. The Balaban J connectivity index is 2.11. The van der Waals surface area contributed by atoms with Crippen molar-refractivity contribution in [1.82, 2.24) is 10.3 Å². The van der Waals surface area contributed by atoms with Gasteiger partial charge in [-0.3, -0.25) is 9.78 Å². The molecule has 2 aromatic rings. The second kappa shape index (κ2) is 6.61. The summed E-state index contributed by atoms with van der Waals surface area (Å²) in [6.45, 7) is 2.31. The molecule has 0 unspecified atom stereocenters. The topological polar surface area (TPSA) is 42.0 Å². The van der Waals surface area contributed by atoms with Crippen molar-refractivity contribution in [2.24, 2.45) is 0 Å². The maximum Gasteiger partial charge on any atom is 0.254 e. The van der Waals surface area contributed by atoms with Gasteiger partial charge in [0, 0.05) is 6.20 Å². The lowest BCUT2D eigenvalue weighted by Gasteiger charge is -2.09. The number of hydrogen-bond donors (Lipinski definition) is 1. The van der Waals surface area contributed by atoms with Crippen molar-refractivity contribution in [2.45, 2.75) is 19.9 Å². The van der Waals surface area contributed by atoms with Gasteiger partial charge in [0.25, 0.3) is 5.91 Å². The Kier molecular flexibility index (Phi) is 4.84. The second-order valence-electron chi connectivity index (χ2n) is 4.25. The fraction of sp³-hybridized carbons (Fsp3) is 0.200. The van der Waals surface area contributed by atoms with Crippen LogP contribution < -0.4 is 5.32 Å². The van der Waals surface area contributed by atoms with Gasteiger partial charge in [-0.25, -0.2) is 4.39 Å². The summed E-state index contributed by atoms with van der Waals surface area (Å²) in [7, 11) is 0. The number of halogens is 2. The van der Waals surface area contributed by atoms with Gasteiger partial charge in [0.15, 0.2) is 0 Å². The number of aryl methyl sites for hydroxylation is 1. The Morgan fingerprint density at radius 2 is 2.15 bits per heavy atom. The number of carbonyl (C=O) groups excluding carboxylic acids is 1. The zero-order chi connectivity index (χ0) is 14.5. The smallest absolute Gasteiger partial charge is 0.254 e. The highest BCUT2D eigenvalue weighted by Crippen LogP contribution is 2.18. The van der Waals surface area contributed by atoms with Crippen LogP contribution in [-0.2, 0) is 13.0 Å². The van der Waals surface area contributed by atoms with Crippen LogP contribution >= 0.6 is 15.9 Å². The van der Waals surface area contributed by atoms with E-state index < -0.39 is 11.7 Å². The molecule has 1 aromatic carbocycles. The average Bonchev–Trinajstić information content (AvgIpc) is 2.48. The molecular weight excluding hydrogens is 323 g/mol. The van der Waals surface area contributed by atoms with Gasteiger partial charge >= 0.3 is 0 Å². The fourth-order valence-electron chi connectivity index (χ4n) is 1.89. The molecule has 2 rings (SSSR count). The number of benzene rings is 1. The lowest BCUT2D eigenvalue weighted by Crippen LogP contribution is -2.25. The zero-order valence-corrected chi connectivity index (χ0v) is 12.6. The first-order valence-corrected chi connectivity index (χ1v) is 7.07. The number of nitrogens with one attached hydrogen (secondary N) is 1. The number of rotatable bonds is 4. The Morgan fingerprint density at radius 3 is 2.90 bits per heavy atom. The van der Waals surface area contributed by atoms with Crippen LogP contribution in [0.1, 0.15) is 28.5 Å². The summed E-state index contributed by atoms with van der Waals surface area (Å²) in [4.78, 5) is 16.2. The van der Waals surface area contributed by atoms with Crippen LogP contribution in [-0.4, -0.2) is 10.9 Å². The Bertz CT molecular complexity index is 631. The molecule has 0 saturated heterocycles. The summed E-state index contributed by atoms with van der Waals surface area (Å²) < 4.78 is 14.1. The first-order valence-electron chi connectivity index (χ1n) is 6.28. The van der Waals surface area contributed by atoms with Crippen molar-refractivity contribution in [3.8, 4) is 0 Å². The molecule has 0 bridgehead atoms. The van der Waals surface area contributed by atoms with Gasteiger partial charge in [0.1, 0.15) is 5.82 Å². The van der Waals surface area contributed by atoms with E-state index in [-0.39, 0.29) is 16.6 Å². The summed E-state index contributed by atoms with van der Waals surface area (Å²) in [5.74, 6) is -1.00. The van der Waals surface area contributed by atoms with Crippen molar-refractivity contribution >= 4 is 21.8 Å². The molecule has 0 fully saturated rings. The highest BCUT2D eigenvalue weighted by Gasteiger charge is 2.14. The van der Waals surface area contributed by atoms with Crippen LogP contribution in [0.3, 0.4) is 0 Å². The molecule has 0 aliphatic heterocycles. The standard InChI is InChI=1S/C15H14BrFN2O/c1-2-10-5-4-8-18-13(10)9-19-15(20)11-6-3-7-12(16)14(11)17/h3-8H,2,9H2,1H3,(H,19,20). The zero-order valence-electron chi connectivity index (χ0n) is 11.0. The minimum absolute atomic E-state index is 0.0216. The van der Waals surface area contributed by atoms with E-state index >= 15 is 0 Å². The minimum Gasteiger partial charge on any atom is -0.346 e. The van der Waals surface area contributed by atoms with E-state index in [0.29, 0.717) is 0 Å². The summed E-state index contributed by atoms with van der Waals surface area (Å²) in [6, 6.07) is 8.46. The molecule has 1 N–H and O–H groups in total. The van der Waals surface area contributed by atoms with Crippen molar-refractivity contribution < 1.29 is 9.18 Å². The molecule has 0 radical (unpaired) electrons. The van der Waals surface area contributed by atoms with Gasteiger partial charge in [-0.2, -0.15) is 0 Å². The summed E-state index contributed by atoms with van der Waals surface area (Å²) in [5.41, 5.74) is 1.90. The molecule has 5 heteroatoms. The number of aromatic nitrogens is 1. The monoisotopic (exact) mass is 336 g/mol. The van der Waals surface area contributed by atoms with Crippen molar-refractivity contribution in [1.29, 1.82) is 0 Å². The molecule has 3 nitrogen and oxygen atoms in total. The summed E-state index contributed by atoms with van der Waals surface area (Å²) in [6.07, 6.45) is 2.52. The van der Waals surface area contributed by atoms with E-state index in [9.17, 15) is 9.18 Å². The van der Waals surface area contributed by atoms with E-state index in [4.69, 9.17) is 0 Å². The molecule has 1 aromatic heterocycles. The average molecular weight is 337 g/mol. The van der Waals surface area contributed by atoms with Gasteiger partial charge in [-0.15, -0.1) is 0 Å². The van der Waals surface area contributed by atoms with Crippen LogP contribution in [0.25, 0.3) is 0 Å². The number of amides is 1. The first-order chi connectivity index (χ1) is 9.63. The number of carbonyl (C=O) groups is 1. The van der Waals surface area contributed by atoms with Crippen LogP contribution in [0.4, 0.5) is 4.39 Å². The Labute approximate surface area is 125 Å². The predicted octanol–water partition coefficient (Wildman–Crippen LogP) is 3.48. The normalized spacial score (nSPS) is 10.3. The van der Waals surface area contributed by atoms with E-state index in [0.717, 1.165) is 17.7 Å². The number of hydrogen-bond acceptors (Lipinski definition) is 2. The van der Waals surface area contributed by atoms with E-state index in [1.807, 2.05) is 19.1 Å². The van der Waals surface area contributed by atoms with Crippen LogP contribution in [0.2, 0.25) is 0 Å². The molecular formula is C15H14BrFN2O. The van der Waals surface area contributed by atoms with Gasteiger partial charge in [0.2, 0.25) is 0 Å². The van der Waals surface area contributed by atoms with Gasteiger partial charge in [-0.1, -0.05) is 19.1 Å². The molecule has 1 amide bonds. The molecule has 0 saturated carbocycles. The number of nitrogens with zero attached hydrogens (tertiary/aromatic N) is 1. The van der Waals surface area contributed by atoms with E-state index in [1.165, 1.54) is 6.07 Å². The molecule has 0 atom stereocenters. The molecule has 20 heavy (non-hydrogen) atoms. The maximum absolute atomic E-state index is 13.8. The third-order valence-electron chi connectivity index (χ3n) is 2.98.